The minimum Gasteiger partial charge on any atom is -0.485 e. The number of hydrogen-bond acceptors (Lipinski definition) is 5. The molecule has 1 amide bonds. The Morgan fingerprint density at radius 2 is 1.61 bits per heavy atom. The van der Waals surface area contributed by atoms with Crippen molar-refractivity contribution in [1.82, 2.24) is 9.21 Å². The summed E-state index contributed by atoms with van der Waals surface area (Å²) < 4.78 is 38.4. The van der Waals surface area contributed by atoms with Crippen LogP contribution in [0.4, 0.5) is 0 Å². The van der Waals surface area contributed by atoms with Crippen LogP contribution in [0, 0.1) is 6.92 Å². The van der Waals surface area contributed by atoms with Crippen LogP contribution >= 0.6 is 0 Å². The van der Waals surface area contributed by atoms with E-state index in [-0.39, 0.29) is 30.5 Å². The molecule has 148 valence electrons. The number of ether oxygens (including phenoxy) is 2. The Labute approximate surface area is 164 Å². The topological polar surface area (TPSA) is 76.2 Å². The maximum atomic E-state index is 12.8. The molecule has 0 saturated carbocycles. The predicted octanol–water partition coefficient (Wildman–Crippen LogP) is 1.67. The number of benzene rings is 2. The zero-order chi connectivity index (χ0) is 19.7. The predicted molar refractivity (Wildman–Crippen MR) is 103 cm³/mol. The Morgan fingerprint density at radius 3 is 2.29 bits per heavy atom. The van der Waals surface area contributed by atoms with Crippen molar-refractivity contribution in [3.05, 3.63) is 54.1 Å². The monoisotopic (exact) mass is 402 g/mol. The molecule has 1 fully saturated rings. The number of carbonyl (C=O) groups excluding carboxylic acids is 1. The SMILES string of the molecule is Cc1ccc(S(=O)(=O)N2CCN(C(=O)C3COc4ccccc4O3)CC2)cc1. The zero-order valence-electron chi connectivity index (χ0n) is 15.6. The number of sulfonamides is 1. The number of para-hydroxylation sites is 2. The Bertz CT molecular complexity index is 966. The lowest BCUT2D eigenvalue weighted by Crippen LogP contribution is -2.55. The highest BCUT2D eigenvalue weighted by Gasteiger charge is 2.35. The molecule has 7 nitrogen and oxygen atoms in total. The highest BCUT2D eigenvalue weighted by Crippen LogP contribution is 2.31. The highest BCUT2D eigenvalue weighted by molar-refractivity contribution is 7.89. The van der Waals surface area contributed by atoms with Gasteiger partial charge in [-0.3, -0.25) is 4.79 Å². The van der Waals surface area contributed by atoms with E-state index in [0.717, 1.165) is 5.56 Å². The second kappa shape index (κ2) is 7.44. The first-order valence-electron chi connectivity index (χ1n) is 9.19. The van der Waals surface area contributed by atoms with Gasteiger partial charge in [0.15, 0.2) is 11.5 Å². The molecule has 1 saturated heterocycles. The molecule has 0 aliphatic carbocycles. The standard InChI is InChI=1S/C20H22N2O5S/c1-15-6-8-16(9-7-15)28(24,25)22-12-10-21(11-13-22)20(23)19-14-26-17-4-2-3-5-18(17)27-19/h2-9,19H,10-14H2,1H3. The molecule has 2 heterocycles. The molecular weight excluding hydrogens is 380 g/mol. The number of nitrogens with zero attached hydrogens (tertiary/aromatic N) is 2. The van der Waals surface area contributed by atoms with Gasteiger partial charge in [-0.2, -0.15) is 4.31 Å². The molecule has 1 unspecified atom stereocenters. The van der Waals surface area contributed by atoms with Crippen molar-refractivity contribution in [3.63, 3.8) is 0 Å². The van der Waals surface area contributed by atoms with Crippen molar-refractivity contribution in [3.8, 4) is 11.5 Å². The first-order valence-corrected chi connectivity index (χ1v) is 10.6. The molecule has 4 rings (SSSR count). The van der Waals surface area contributed by atoms with Crippen LogP contribution in [0.3, 0.4) is 0 Å². The van der Waals surface area contributed by atoms with Gasteiger partial charge in [0.2, 0.25) is 16.1 Å². The van der Waals surface area contributed by atoms with Crippen LogP contribution in [-0.2, 0) is 14.8 Å². The molecule has 2 aromatic rings. The van der Waals surface area contributed by atoms with Crippen LogP contribution in [0.5, 0.6) is 11.5 Å². The molecule has 0 N–H and O–H groups in total. The fourth-order valence-electron chi connectivity index (χ4n) is 3.35. The molecule has 8 heteroatoms. The van der Waals surface area contributed by atoms with E-state index in [4.69, 9.17) is 9.47 Å². The average molecular weight is 402 g/mol. The van der Waals surface area contributed by atoms with Gasteiger partial charge in [-0.1, -0.05) is 29.8 Å². The van der Waals surface area contributed by atoms with Crippen LogP contribution in [0.1, 0.15) is 5.56 Å². The number of carbonyl (C=O) groups is 1. The fourth-order valence-corrected chi connectivity index (χ4v) is 4.78. The van der Waals surface area contributed by atoms with Gasteiger partial charge in [0.1, 0.15) is 6.61 Å². The average Bonchev–Trinajstić information content (AvgIpc) is 2.73. The number of piperazine rings is 1. The van der Waals surface area contributed by atoms with E-state index in [1.807, 2.05) is 19.1 Å². The van der Waals surface area contributed by atoms with Crippen LogP contribution < -0.4 is 9.47 Å². The quantitative estimate of drug-likeness (QED) is 0.781. The van der Waals surface area contributed by atoms with E-state index >= 15 is 0 Å². The molecule has 28 heavy (non-hydrogen) atoms. The van der Waals surface area contributed by atoms with Crippen LogP contribution in [-0.4, -0.2) is 62.4 Å². The van der Waals surface area contributed by atoms with Crippen LogP contribution in [0.25, 0.3) is 0 Å². The maximum Gasteiger partial charge on any atom is 0.267 e. The Balaban J connectivity index is 1.39. The number of amides is 1. The van der Waals surface area contributed by atoms with Crippen molar-refractivity contribution in [2.24, 2.45) is 0 Å². The van der Waals surface area contributed by atoms with E-state index in [1.165, 1.54) is 4.31 Å². The number of aryl methyl sites for hydroxylation is 1. The second-order valence-electron chi connectivity index (χ2n) is 6.91. The van der Waals surface area contributed by atoms with Gasteiger partial charge < -0.3 is 14.4 Å². The molecule has 1 atom stereocenters. The molecule has 2 aromatic carbocycles. The summed E-state index contributed by atoms with van der Waals surface area (Å²) in [7, 11) is -3.55. The third-order valence-corrected chi connectivity index (χ3v) is 6.91. The minimum absolute atomic E-state index is 0.151. The molecule has 2 aliphatic heterocycles. The van der Waals surface area contributed by atoms with E-state index in [0.29, 0.717) is 24.6 Å². The van der Waals surface area contributed by atoms with Gasteiger partial charge >= 0.3 is 0 Å². The lowest BCUT2D eigenvalue weighted by molar-refractivity contribution is -0.142. The summed E-state index contributed by atoms with van der Waals surface area (Å²) in [6, 6.07) is 14.0. The van der Waals surface area contributed by atoms with Gasteiger partial charge in [0.25, 0.3) is 5.91 Å². The summed E-state index contributed by atoms with van der Waals surface area (Å²) in [5, 5.41) is 0. The van der Waals surface area contributed by atoms with Crippen molar-refractivity contribution in [2.75, 3.05) is 32.8 Å². The van der Waals surface area contributed by atoms with Crippen molar-refractivity contribution in [1.29, 1.82) is 0 Å². The minimum atomic E-state index is -3.55. The Hall–Kier alpha value is -2.58. The van der Waals surface area contributed by atoms with Gasteiger partial charge in [-0.05, 0) is 31.2 Å². The van der Waals surface area contributed by atoms with E-state index in [2.05, 4.69) is 0 Å². The third kappa shape index (κ3) is 3.57. The summed E-state index contributed by atoms with van der Waals surface area (Å²) in [5.41, 5.74) is 1.01. The van der Waals surface area contributed by atoms with E-state index < -0.39 is 16.1 Å². The first-order chi connectivity index (χ1) is 13.4. The van der Waals surface area contributed by atoms with Gasteiger partial charge in [0, 0.05) is 26.2 Å². The van der Waals surface area contributed by atoms with Crippen molar-refractivity contribution >= 4 is 15.9 Å². The number of hydrogen-bond donors (Lipinski definition) is 0. The lowest BCUT2D eigenvalue weighted by atomic mass is 10.2. The smallest absolute Gasteiger partial charge is 0.267 e. The van der Waals surface area contributed by atoms with E-state index in [9.17, 15) is 13.2 Å². The first kappa shape index (κ1) is 18.8. The largest absolute Gasteiger partial charge is 0.485 e. The van der Waals surface area contributed by atoms with Crippen LogP contribution in [0.2, 0.25) is 0 Å². The normalized spacial score (nSPS) is 20.0. The molecule has 0 spiro atoms. The number of rotatable bonds is 3. The Kier molecular flexibility index (Phi) is 4.99. The third-order valence-electron chi connectivity index (χ3n) is 4.99. The number of fused-ring (bicyclic) bond motifs is 1. The molecule has 2 aliphatic rings. The summed E-state index contributed by atoms with van der Waals surface area (Å²) in [4.78, 5) is 14.7. The summed E-state index contributed by atoms with van der Waals surface area (Å²) >= 11 is 0. The summed E-state index contributed by atoms with van der Waals surface area (Å²) in [6.45, 7) is 3.23. The summed E-state index contributed by atoms with van der Waals surface area (Å²) in [6.07, 6.45) is -0.713. The van der Waals surface area contributed by atoms with Gasteiger partial charge in [-0.25, -0.2) is 8.42 Å². The summed E-state index contributed by atoms with van der Waals surface area (Å²) in [5.74, 6) is 0.995. The molecule has 0 aromatic heterocycles. The fraction of sp³-hybridized carbons (Fsp3) is 0.350. The highest BCUT2D eigenvalue weighted by atomic mass is 32.2. The molecule has 0 radical (unpaired) electrons. The zero-order valence-corrected chi connectivity index (χ0v) is 16.4. The molecule has 0 bridgehead atoms. The van der Waals surface area contributed by atoms with Crippen LogP contribution in [0.15, 0.2) is 53.4 Å². The van der Waals surface area contributed by atoms with Gasteiger partial charge in [0.05, 0.1) is 4.90 Å². The van der Waals surface area contributed by atoms with Crippen molar-refractivity contribution < 1.29 is 22.7 Å². The maximum absolute atomic E-state index is 12.8. The van der Waals surface area contributed by atoms with Gasteiger partial charge in [-0.15, -0.1) is 0 Å². The Morgan fingerprint density at radius 1 is 0.964 bits per heavy atom. The lowest BCUT2D eigenvalue weighted by Gasteiger charge is -2.36. The van der Waals surface area contributed by atoms with Crippen molar-refractivity contribution in [2.45, 2.75) is 17.9 Å². The molecular formula is C20H22N2O5S. The second-order valence-corrected chi connectivity index (χ2v) is 8.84. The van der Waals surface area contributed by atoms with E-state index in [1.54, 1.807) is 41.3 Å².